The highest BCUT2D eigenvalue weighted by Gasteiger charge is 2.21. The Morgan fingerprint density at radius 1 is 0.867 bits per heavy atom. The molecule has 1 amide bonds. The Balaban J connectivity index is 1.49. The lowest BCUT2D eigenvalue weighted by atomic mass is 10.0. The van der Waals surface area contributed by atoms with Gasteiger partial charge in [-0.15, -0.1) is 0 Å². The van der Waals surface area contributed by atoms with Gasteiger partial charge in [-0.05, 0) is 66.8 Å². The van der Waals surface area contributed by atoms with Crippen LogP contribution in [0.5, 0.6) is 5.75 Å². The maximum atomic E-state index is 11.9. The molecule has 0 aliphatic rings. The third-order valence-electron chi connectivity index (χ3n) is 5.01. The molecule has 0 aliphatic carbocycles. The van der Waals surface area contributed by atoms with Gasteiger partial charge in [0.05, 0.1) is 12.1 Å². The number of rotatable bonds is 8. The van der Waals surface area contributed by atoms with E-state index in [1.54, 1.807) is 13.8 Å². The molecule has 0 radical (unpaired) electrons. The van der Waals surface area contributed by atoms with Crippen molar-refractivity contribution in [2.45, 2.75) is 39.2 Å². The number of anilines is 1. The number of carbonyl (C=O) groups excluding carboxylic acids is 1. The molecule has 0 atom stereocenters. The molecule has 3 aromatic carbocycles. The van der Waals surface area contributed by atoms with E-state index in [1.165, 1.54) is 22.3 Å². The van der Waals surface area contributed by atoms with Crippen molar-refractivity contribution in [3.63, 3.8) is 0 Å². The Morgan fingerprint density at radius 2 is 1.40 bits per heavy atom. The molecule has 3 rings (SSSR count). The zero-order valence-electron chi connectivity index (χ0n) is 17.9. The van der Waals surface area contributed by atoms with Crippen molar-refractivity contribution in [1.29, 1.82) is 0 Å². The minimum Gasteiger partial charge on any atom is -0.493 e. The molecule has 3 aromatic rings. The van der Waals surface area contributed by atoms with Crippen LogP contribution >= 0.6 is 0 Å². The summed E-state index contributed by atoms with van der Waals surface area (Å²) in [7, 11) is 0. The summed E-state index contributed by atoms with van der Waals surface area (Å²) >= 11 is 0. The molecule has 4 nitrogen and oxygen atoms in total. The number of carbonyl (C=O) groups is 1. The van der Waals surface area contributed by atoms with Crippen molar-refractivity contribution < 1.29 is 9.53 Å². The quantitative estimate of drug-likeness (QED) is 0.543. The van der Waals surface area contributed by atoms with E-state index in [2.05, 4.69) is 60.8 Å². The minimum absolute atomic E-state index is 0.221. The van der Waals surface area contributed by atoms with Crippen molar-refractivity contribution in [3.8, 4) is 16.9 Å². The summed E-state index contributed by atoms with van der Waals surface area (Å²) in [4.78, 5) is 11.9. The second kappa shape index (κ2) is 9.59. The smallest absolute Gasteiger partial charge is 0.243 e. The van der Waals surface area contributed by atoms with Gasteiger partial charge in [-0.1, -0.05) is 55.5 Å². The third-order valence-corrected chi connectivity index (χ3v) is 5.01. The van der Waals surface area contributed by atoms with Crippen LogP contribution in [0.25, 0.3) is 11.1 Å². The third kappa shape index (κ3) is 5.94. The summed E-state index contributed by atoms with van der Waals surface area (Å²) in [6, 6.07) is 24.7. The molecule has 30 heavy (non-hydrogen) atoms. The molecule has 0 aromatic heterocycles. The molecule has 0 spiro atoms. The maximum absolute atomic E-state index is 11.9. The lowest BCUT2D eigenvalue weighted by Gasteiger charge is -2.17. The summed E-state index contributed by atoms with van der Waals surface area (Å²) in [5.41, 5.74) is 10.6. The fourth-order valence-electron chi connectivity index (χ4n) is 3.01. The lowest BCUT2D eigenvalue weighted by molar-refractivity contribution is -0.120. The average Bonchev–Trinajstić information content (AvgIpc) is 2.75. The number of hydrogen-bond acceptors (Lipinski definition) is 3. The standard InChI is InChI=1S/C26H30N2O2/c1-4-19-5-9-21(10-6-19)22-11-7-20(8-12-22)17-18-30-24-15-13-23(14-16-24)28-25(29)26(2,3)27/h5-16H,4,17-18,27H2,1-3H3,(H,28,29). The highest BCUT2D eigenvalue weighted by atomic mass is 16.5. The number of nitrogens with two attached hydrogens (primary N) is 1. The van der Waals surface area contributed by atoms with Crippen molar-refractivity contribution in [2.24, 2.45) is 5.73 Å². The van der Waals surface area contributed by atoms with E-state index >= 15 is 0 Å². The lowest BCUT2D eigenvalue weighted by Crippen LogP contribution is -2.45. The molecular weight excluding hydrogens is 372 g/mol. The zero-order valence-corrected chi connectivity index (χ0v) is 17.9. The first-order valence-electron chi connectivity index (χ1n) is 10.4. The fraction of sp³-hybridized carbons (Fsp3) is 0.269. The average molecular weight is 403 g/mol. The summed E-state index contributed by atoms with van der Waals surface area (Å²) in [5, 5.41) is 2.80. The van der Waals surface area contributed by atoms with E-state index in [-0.39, 0.29) is 5.91 Å². The monoisotopic (exact) mass is 402 g/mol. The largest absolute Gasteiger partial charge is 0.493 e. The van der Waals surface area contributed by atoms with E-state index < -0.39 is 5.54 Å². The number of amides is 1. The molecule has 0 unspecified atom stereocenters. The van der Waals surface area contributed by atoms with Gasteiger partial charge in [0.1, 0.15) is 5.75 Å². The first-order chi connectivity index (χ1) is 14.3. The molecule has 156 valence electrons. The first-order valence-corrected chi connectivity index (χ1v) is 10.4. The SMILES string of the molecule is CCc1ccc(-c2ccc(CCOc3ccc(NC(=O)C(C)(C)N)cc3)cc2)cc1. The van der Waals surface area contributed by atoms with Crippen molar-refractivity contribution in [3.05, 3.63) is 83.9 Å². The Kier molecular flexibility index (Phi) is 6.91. The molecule has 4 heteroatoms. The molecule has 0 saturated carbocycles. The van der Waals surface area contributed by atoms with Crippen LogP contribution in [0.3, 0.4) is 0 Å². The molecule has 0 aliphatic heterocycles. The van der Waals surface area contributed by atoms with Crippen LogP contribution in [0.4, 0.5) is 5.69 Å². The first kappa shape index (κ1) is 21.6. The van der Waals surface area contributed by atoms with Crippen LogP contribution in [0.15, 0.2) is 72.8 Å². The van der Waals surface area contributed by atoms with Crippen molar-refractivity contribution in [2.75, 3.05) is 11.9 Å². The van der Waals surface area contributed by atoms with Gasteiger partial charge < -0.3 is 15.8 Å². The number of nitrogens with one attached hydrogen (secondary N) is 1. The molecule has 0 bridgehead atoms. The van der Waals surface area contributed by atoms with Crippen molar-refractivity contribution >= 4 is 11.6 Å². The normalized spacial score (nSPS) is 11.2. The van der Waals surface area contributed by atoms with E-state index in [9.17, 15) is 4.79 Å². The maximum Gasteiger partial charge on any atom is 0.243 e. The predicted molar refractivity (Wildman–Crippen MR) is 124 cm³/mol. The van der Waals surface area contributed by atoms with Crippen LogP contribution in [0, 0.1) is 0 Å². The molecule has 0 heterocycles. The number of ether oxygens (including phenoxy) is 1. The van der Waals surface area contributed by atoms with Crippen LogP contribution in [0.2, 0.25) is 0 Å². The second-order valence-electron chi connectivity index (χ2n) is 8.05. The summed E-state index contributed by atoms with van der Waals surface area (Å²) in [6.07, 6.45) is 1.89. The van der Waals surface area contributed by atoms with Gasteiger partial charge in [-0.25, -0.2) is 0 Å². The molecule has 3 N–H and O–H groups in total. The van der Waals surface area contributed by atoms with Gasteiger partial charge in [0.25, 0.3) is 0 Å². The van der Waals surface area contributed by atoms with Crippen LogP contribution in [-0.2, 0) is 17.6 Å². The highest BCUT2D eigenvalue weighted by Crippen LogP contribution is 2.21. The summed E-state index contributed by atoms with van der Waals surface area (Å²) in [5.74, 6) is 0.550. The molecule has 0 saturated heterocycles. The van der Waals surface area contributed by atoms with Gasteiger partial charge in [-0.2, -0.15) is 0 Å². The van der Waals surface area contributed by atoms with E-state index in [1.807, 2.05) is 24.3 Å². The predicted octanol–water partition coefficient (Wildman–Crippen LogP) is 5.21. The van der Waals surface area contributed by atoms with E-state index in [0.717, 1.165) is 18.6 Å². The Bertz CT molecular complexity index is 954. The molecule has 0 fully saturated rings. The number of benzene rings is 3. The minimum atomic E-state index is -0.913. The second-order valence-corrected chi connectivity index (χ2v) is 8.05. The Hall–Kier alpha value is -3.11. The van der Waals surface area contributed by atoms with E-state index in [0.29, 0.717) is 12.3 Å². The van der Waals surface area contributed by atoms with Gasteiger partial charge in [0.15, 0.2) is 0 Å². The Morgan fingerprint density at radius 3 is 1.90 bits per heavy atom. The number of hydrogen-bond donors (Lipinski definition) is 2. The summed E-state index contributed by atoms with van der Waals surface area (Å²) in [6.45, 7) is 6.11. The van der Waals surface area contributed by atoms with E-state index in [4.69, 9.17) is 10.5 Å². The van der Waals surface area contributed by atoms with Crippen LogP contribution in [0.1, 0.15) is 31.9 Å². The van der Waals surface area contributed by atoms with Gasteiger partial charge >= 0.3 is 0 Å². The van der Waals surface area contributed by atoms with Crippen LogP contribution in [-0.4, -0.2) is 18.1 Å². The van der Waals surface area contributed by atoms with Gasteiger partial charge in [0.2, 0.25) is 5.91 Å². The van der Waals surface area contributed by atoms with Gasteiger partial charge in [0, 0.05) is 12.1 Å². The molecular formula is C26H30N2O2. The van der Waals surface area contributed by atoms with Crippen molar-refractivity contribution in [1.82, 2.24) is 0 Å². The summed E-state index contributed by atoms with van der Waals surface area (Å²) < 4.78 is 5.84. The topological polar surface area (TPSA) is 64.3 Å². The van der Waals surface area contributed by atoms with Gasteiger partial charge in [-0.3, -0.25) is 4.79 Å². The Labute approximate surface area is 179 Å². The highest BCUT2D eigenvalue weighted by molar-refractivity contribution is 5.97. The van der Waals surface area contributed by atoms with Crippen LogP contribution < -0.4 is 15.8 Å². The zero-order chi connectivity index (χ0) is 21.6. The fourth-order valence-corrected chi connectivity index (χ4v) is 3.01. The number of aryl methyl sites for hydroxylation is 1.